The summed E-state index contributed by atoms with van der Waals surface area (Å²) in [7, 11) is -4.25. The smallest absolute Gasteiger partial charge is 0.264 e. The van der Waals surface area contributed by atoms with Crippen LogP contribution in [0.2, 0.25) is 0 Å². The Bertz CT molecular complexity index is 1680. The second-order valence-electron chi connectivity index (χ2n) is 11.5. The van der Waals surface area contributed by atoms with Crippen LogP contribution in [0.25, 0.3) is 0 Å². The van der Waals surface area contributed by atoms with Gasteiger partial charge in [-0.3, -0.25) is 13.9 Å². The highest BCUT2D eigenvalue weighted by atomic mass is 32.2. The zero-order valence-electron chi connectivity index (χ0n) is 25.3. The summed E-state index contributed by atoms with van der Waals surface area (Å²) in [5.74, 6) is -1.36. The molecule has 0 heterocycles. The van der Waals surface area contributed by atoms with E-state index in [-0.39, 0.29) is 35.5 Å². The number of nitrogens with one attached hydrogen (secondary N) is 1. The van der Waals surface area contributed by atoms with Gasteiger partial charge in [-0.1, -0.05) is 91.2 Å². The monoisotopic (exact) mass is 627 g/mol. The van der Waals surface area contributed by atoms with Crippen molar-refractivity contribution in [3.8, 4) is 0 Å². The first-order valence-corrected chi connectivity index (χ1v) is 16.7. The number of benzene rings is 4. The molecular weight excluding hydrogens is 589 g/mol. The fourth-order valence-corrected chi connectivity index (χ4v) is 7.09. The fourth-order valence-electron chi connectivity index (χ4n) is 5.68. The Morgan fingerprint density at radius 1 is 0.822 bits per heavy atom. The van der Waals surface area contributed by atoms with E-state index < -0.39 is 34.3 Å². The van der Waals surface area contributed by atoms with Crippen LogP contribution in [0.15, 0.2) is 114 Å². The lowest BCUT2D eigenvalue weighted by molar-refractivity contribution is -0.140. The van der Waals surface area contributed by atoms with Gasteiger partial charge in [0.1, 0.15) is 18.4 Å². The number of amides is 2. The molecule has 1 N–H and O–H groups in total. The van der Waals surface area contributed by atoms with Crippen LogP contribution >= 0.6 is 0 Å². The number of hydrogen-bond donors (Lipinski definition) is 1. The maximum Gasteiger partial charge on any atom is 0.264 e. The maximum atomic E-state index is 14.5. The van der Waals surface area contributed by atoms with Crippen molar-refractivity contribution < 1.29 is 22.4 Å². The van der Waals surface area contributed by atoms with Gasteiger partial charge in [0.2, 0.25) is 11.8 Å². The van der Waals surface area contributed by atoms with Gasteiger partial charge in [-0.25, -0.2) is 12.8 Å². The summed E-state index contributed by atoms with van der Waals surface area (Å²) in [6.07, 6.45) is 4.07. The summed E-state index contributed by atoms with van der Waals surface area (Å²) in [5, 5.41) is 3.17. The van der Waals surface area contributed by atoms with Gasteiger partial charge >= 0.3 is 0 Å². The third-order valence-electron chi connectivity index (χ3n) is 8.17. The molecule has 45 heavy (non-hydrogen) atoms. The van der Waals surface area contributed by atoms with Crippen LogP contribution in [0.4, 0.5) is 10.1 Å². The SMILES string of the molecule is Cc1ccc(S(=O)(=O)N(CC(=O)N(Cc2ccccc2)C(Cc2ccccc2)C(=O)NC2CCCC2)c2ccc(F)cc2)cc1. The third-order valence-corrected chi connectivity index (χ3v) is 9.96. The van der Waals surface area contributed by atoms with Gasteiger partial charge in [0.15, 0.2) is 0 Å². The van der Waals surface area contributed by atoms with Crippen LogP contribution in [0.5, 0.6) is 0 Å². The Balaban J connectivity index is 1.55. The van der Waals surface area contributed by atoms with E-state index >= 15 is 0 Å². The molecule has 1 aliphatic carbocycles. The molecule has 1 unspecified atom stereocenters. The van der Waals surface area contributed by atoms with Crippen molar-refractivity contribution in [3.63, 3.8) is 0 Å². The summed E-state index contributed by atoms with van der Waals surface area (Å²) in [4.78, 5) is 30.0. The van der Waals surface area contributed by atoms with Crippen LogP contribution in [0.3, 0.4) is 0 Å². The molecule has 0 saturated heterocycles. The predicted molar refractivity (Wildman–Crippen MR) is 173 cm³/mol. The van der Waals surface area contributed by atoms with Gasteiger partial charge in [0.25, 0.3) is 10.0 Å². The molecule has 1 atom stereocenters. The first kappa shape index (κ1) is 31.9. The van der Waals surface area contributed by atoms with E-state index in [0.717, 1.165) is 58.8 Å². The molecule has 2 amide bonds. The fraction of sp³-hybridized carbons (Fsp3) is 0.278. The third kappa shape index (κ3) is 8.16. The quantitative estimate of drug-likeness (QED) is 0.208. The first-order chi connectivity index (χ1) is 21.7. The van der Waals surface area contributed by atoms with Crippen LogP contribution < -0.4 is 9.62 Å². The van der Waals surface area contributed by atoms with Crippen LogP contribution in [0.1, 0.15) is 42.4 Å². The molecule has 9 heteroatoms. The molecule has 234 valence electrons. The van der Waals surface area contributed by atoms with E-state index in [0.29, 0.717) is 0 Å². The zero-order chi connectivity index (χ0) is 31.8. The van der Waals surface area contributed by atoms with Crippen LogP contribution in [-0.4, -0.2) is 43.8 Å². The summed E-state index contributed by atoms with van der Waals surface area (Å²) in [5.41, 5.74) is 2.69. The second kappa shape index (κ2) is 14.5. The lowest BCUT2D eigenvalue weighted by atomic mass is 10.0. The highest BCUT2D eigenvalue weighted by Crippen LogP contribution is 2.26. The number of carbonyl (C=O) groups excluding carboxylic acids is 2. The van der Waals surface area contributed by atoms with E-state index in [9.17, 15) is 22.4 Å². The predicted octanol–water partition coefficient (Wildman–Crippen LogP) is 6.03. The Morgan fingerprint density at radius 2 is 1.40 bits per heavy atom. The Labute approximate surface area is 264 Å². The van der Waals surface area contributed by atoms with Gasteiger partial charge in [0, 0.05) is 19.0 Å². The van der Waals surface area contributed by atoms with E-state index in [1.807, 2.05) is 67.6 Å². The number of carbonyl (C=O) groups is 2. The van der Waals surface area contributed by atoms with Gasteiger partial charge in [-0.05, 0) is 67.3 Å². The summed E-state index contributed by atoms with van der Waals surface area (Å²) in [6, 6.07) is 29.3. The molecule has 1 aliphatic rings. The first-order valence-electron chi connectivity index (χ1n) is 15.2. The van der Waals surface area contributed by atoms with E-state index in [1.54, 1.807) is 12.1 Å². The molecule has 1 fully saturated rings. The highest BCUT2D eigenvalue weighted by Gasteiger charge is 2.35. The number of anilines is 1. The number of halogens is 1. The van der Waals surface area contributed by atoms with Gasteiger partial charge in [-0.15, -0.1) is 0 Å². The number of aryl methyl sites for hydroxylation is 1. The van der Waals surface area contributed by atoms with E-state index in [2.05, 4.69) is 5.32 Å². The molecule has 0 aromatic heterocycles. The molecule has 0 aliphatic heterocycles. The minimum atomic E-state index is -4.25. The lowest BCUT2D eigenvalue weighted by Crippen LogP contribution is -2.54. The number of rotatable bonds is 12. The molecule has 5 rings (SSSR count). The van der Waals surface area contributed by atoms with E-state index in [4.69, 9.17) is 0 Å². The van der Waals surface area contributed by atoms with Gasteiger partial charge in [0.05, 0.1) is 10.6 Å². The van der Waals surface area contributed by atoms with Crippen molar-refractivity contribution in [1.29, 1.82) is 0 Å². The Morgan fingerprint density at radius 3 is 2.00 bits per heavy atom. The highest BCUT2D eigenvalue weighted by molar-refractivity contribution is 7.92. The maximum absolute atomic E-state index is 14.5. The molecule has 7 nitrogen and oxygen atoms in total. The normalized spacial score (nSPS) is 14.1. The van der Waals surface area contributed by atoms with Crippen molar-refractivity contribution >= 4 is 27.5 Å². The largest absolute Gasteiger partial charge is 0.352 e. The van der Waals surface area contributed by atoms with Gasteiger partial charge in [-0.2, -0.15) is 0 Å². The molecule has 0 spiro atoms. The molecule has 1 saturated carbocycles. The Hall–Kier alpha value is -4.50. The standard InChI is InChI=1S/C36H38FN3O4S/c1-27-16-22-33(23-17-27)45(43,44)40(32-20-18-30(37)19-21-32)26-35(41)39(25-29-12-6-3-7-13-29)34(24-28-10-4-2-5-11-28)36(42)38-31-14-8-9-15-31/h2-7,10-13,16-23,31,34H,8-9,14-15,24-26H2,1H3,(H,38,42). The molecule has 0 radical (unpaired) electrons. The minimum Gasteiger partial charge on any atom is -0.352 e. The van der Waals surface area contributed by atoms with Crippen molar-refractivity contribution in [1.82, 2.24) is 10.2 Å². The Kier molecular flexibility index (Phi) is 10.3. The number of hydrogen-bond acceptors (Lipinski definition) is 4. The summed E-state index contributed by atoms with van der Waals surface area (Å²) in [6.45, 7) is 1.36. The molecule has 4 aromatic rings. The second-order valence-corrected chi connectivity index (χ2v) is 13.4. The average molecular weight is 628 g/mol. The zero-order valence-corrected chi connectivity index (χ0v) is 26.1. The minimum absolute atomic E-state index is 0.000327. The van der Waals surface area contributed by atoms with Crippen LogP contribution in [-0.2, 0) is 32.6 Å². The molecular formula is C36H38FN3O4S. The summed E-state index contributed by atoms with van der Waals surface area (Å²) >= 11 is 0. The lowest BCUT2D eigenvalue weighted by Gasteiger charge is -2.34. The van der Waals surface area contributed by atoms with E-state index in [1.165, 1.54) is 29.2 Å². The van der Waals surface area contributed by atoms with Gasteiger partial charge < -0.3 is 10.2 Å². The van der Waals surface area contributed by atoms with Crippen molar-refractivity contribution in [2.75, 3.05) is 10.8 Å². The molecule has 0 bridgehead atoms. The number of sulfonamides is 1. The average Bonchev–Trinajstić information content (AvgIpc) is 3.56. The number of nitrogens with zero attached hydrogens (tertiary/aromatic N) is 2. The summed E-state index contributed by atoms with van der Waals surface area (Å²) < 4.78 is 43.0. The topological polar surface area (TPSA) is 86.8 Å². The van der Waals surface area contributed by atoms with Crippen molar-refractivity contribution in [2.45, 2.75) is 62.6 Å². The van der Waals surface area contributed by atoms with Crippen molar-refractivity contribution in [2.24, 2.45) is 0 Å². The van der Waals surface area contributed by atoms with Crippen molar-refractivity contribution in [3.05, 3.63) is 132 Å². The molecule has 4 aromatic carbocycles. The van der Waals surface area contributed by atoms with Crippen LogP contribution in [0, 0.1) is 12.7 Å².